The van der Waals surface area contributed by atoms with Crippen LogP contribution in [0.3, 0.4) is 0 Å². The molecule has 1 atom stereocenters. The van der Waals surface area contributed by atoms with Crippen LogP contribution in [0.15, 0.2) is 24.4 Å². The summed E-state index contributed by atoms with van der Waals surface area (Å²) < 4.78 is 4.63. The van der Waals surface area contributed by atoms with Gasteiger partial charge in [0.25, 0.3) is 0 Å². The number of allylic oxidation sites excluding steroid dienone is 2. The standard InChI is InChI=1S/C10H17NO2/c1-5-6-7-9(10(12)13-4)11-8(2)3/h5-6,9,11H,2,7H2,1,3-4H3/t9-/m0/s1. The number of rotatable bonds is 5. The van der Waals surface area contributed by atoms with E-state index in [4.69, 9.17) is 0 Å². The topological polar surface area (TPSA) is 38.3 Å². The van der Waals surface area contributed by atoms with Crippen molar-refractivity contribution in [3.8, 4) is 0 Å². The van der Waals surface area contributed by atoms with Gasteiger partial charge >= 0.3 is 5.97 Å². The van der Waals surface area contributed by atoms with Crippen LogP contribution in [-0.2, 0) is 9.53 Å². The fourth-order valence-electron chi connectivity index (χ4n) is 0.926. The van der Waals surface area contributed by atoms with Crippen LogP contribution in [0.1, 0.15) is 20.3 Å². The molecule has 1 N–H and O–H groups in total. The van der Waals surface area contributed by atoms with Crippen molar-refractivity contribution in [3.05, 3.63) is 24.4 Å². The summed E-state index contributed by atoms with van der Waals surface area (Å²) in [4.78, 5) is 11.2. The lowest BCUT2D eigenvalue weighted by molar-refractivity contribution is -0.142. The van der Waals surface area contributed by atoms with E-state index in [1.54, 1.807) is 0 Å². The highest BCUT2D eigenvalue weighted by atomic mass is 16.5. The van der Waals surface area contributed by atoms with Gasteiger partial charge in [0.1, 0.15) is 6.04 Å². The van der Waals surface area contributed by atoms with Gasteiger partial charge in [-0.25, -0.2) is 4.79 Å². The van der Waals surface area contributed by atoms with Gasteiger partial charge in [0.05, 0.1) is 7.11 Å². The van der Waals surface area contributed by atoms with Crippen molar-refractivity contribution in [1.29, 1.82) is 0 Å². The van der Waals surface area contributed by atoms with Gasteiger partial charge in [0.2, 0.25) is 0 Å². The molecule has 0 saturated heterocycles. The lowest BCUT2D eigenvalue weighted by Crippen LogP contribution is -2.35. The van der Waals surface area contributed by atoms with E-state index < -0.39 is 0 Å². The Kier molecular flexibility index (Phi) is 5.68. The molecule has 0 aliphatic rings. The summed E-state index contributed by atoms with van der Waals surface area (Å²) in [5.41, 5.74) is 0.764. The largest absolute Gasteiger partial charge is 0.467 e. The van der Waals surface area contributed by atoms with Crippen molar-refractivity contribution >= 4 is 5.97 Å². The van der Waals surface area contributed by atoms with E-state index in [1.807, 2.05) is 26.0 Å². The van der Waals surface area contributed by atoms with Crippen LogP contribution in [0.2, 0.25) is 0 Å². The molecule has 0 amide bonds. The Morgan fingerprint density at radius 3 is 2.69 bits per heavy atom. The van der Waals surface area contributed by atoms with Gasteiger partial charge in [-0.05, 0) is 20.3 Å². The predicted molar refractivity (Wildman–Crippen MR) is 53.2 cm³/mol. The Bertz CT molecular complexity index is 209. The van der Waals surface area contributed by atoms with Gasteiger partial charge in [0.15, 0.2) is 0 Å². The monoisotopic (exact) mass is 183 g/mol. The third kappa shape index (κ3) is 5.06. The highest BCUT2D eigenvalue weighted by molar-refractivity contribution is 5.76. The number of carbonyl (C=O) groups excluding carboxylic acids is 1. The Balaban J connectivity index is 4.18. The maximum Gasteiger partial charge on any atom is 0.328 e. The molecule has 3 heteroatoms. The lowest BCUT2D eigenvalue weighted by Gasteiger charge is -2.15. The fourth-order valence-corrected chi connectivity index (χ4v) is 0.926. The predicted octanol–water partition coefficient (Wildman–Crippen LogP) is 1.62. The van der Waals surface area contributed by atoms with Crippen LogP contribution < -0.4 is 5.32 Å². The minimum Gasteiger partial charge on any atom is -0.467 e. The van der Waals surface area contributed by atoms with Crippen LogP contribution in [-0.4, -0.2) is 19.1 Å². The third-order valence-electron chi connectivity index (χ3n) is 1.51. The summed E-state index contributed by atoms with van der Waals surface area (Å²) in [5, 5.41) is 2.95. The zero-order chi connectivity index (χ0) is 10.3. The second kappa shape index (κ2) is 6.29. The number of hydrogen-bond acceptors (Lipinski definition) is 3. The molecule has 0 saturated carbocycles. The van der Waals surface area contributed by atoms with Crippen molar-refractivity contribution < 1.29 is 9.53 Å². The molecule has 0 bridgehead atoms. The van der Waals surface area contributed by atoms with Crippen molar-refractivity contribution in [2.75, 3.05) is 7.11 Å². The van der Waals surface area contributed by atoms with Gasteiger partial charge in [0, 0.05) is 5.70 Å². The third-order valence-corrected chi connectivity index (χ3v) is 1.51. The van der Waals surface area contributed by atoms with E-state index in [2.05, 4.69) is 16.6 Å². The van der Waals surface area contributed by atoms with Crippen LogP contribution in [0.4, 0.5) is 0 Å². The van der Waals surface area contributed by atoms with E-state index in [-0.39, 0.29) is 12.0 Å². The highest BCUT2D eigenvalue weighted by Gasteiger charge is 2.16. The van der Waals surface area contributed by atoms with E-state index in [1.165, 1.54) is 7.11 Å². The molecule has 0 heterocycles. The van der Waals surface area contributed by atoms with Crippen LogP contribution in [0.5, 0.6) is 0 Å². The molecule has 0 spiro atoms. The summed E-state index contributed by atoms with van der Waals surface area (Å²) >= 11 is 0. The zero-order valence-corrected chi connectivity index (χ0v) is 8.46. The van der Waals surface area contributed by atoms with Gasteiger partial charge in [-0.2, -0.15) is 0 Å². The summed E-state index contributed by atoms with van der Waals surface area (Å²) in [7, 11) is 1.38. The summed E-state index contributed by atoms with van der Waals surface area (Å²) in [6.07, 6.45) is 4.43. The molecule has 13 heavy (non-hydrogen) atoms. The molecule has 0 aromatic heterocycles. The van der Waals surface area contributed by atoms with E-state index in [9.17, 15) is 4.79 Å². The number of nitrogens with one attached hydrogen (secondary N) is 1. The molecule has 0 aromatic carbocycles. The fraction of sp³-hybridized carbons (Fsp3) is 0.500. The molecule has 3 nitrogen and oxygen atoms in total. The van der Waals surface area contributed by atoms with Gasteiger partial charge in [-0.15, -0.1) is 0 Å². The molecule has 0 fully saturated rings. The lowest BCUT2D eigenvalue weighted by atomic mass is 10.2. The van der Waals surface area contributed by atoms with E-state index >= 15 is 0 Å². The first kappa shape index (κ1) is 11.8. The normalized spacial score (nSPS) is 12.5. The van der Waals surface area contributed by atoms with E-state index in [0.29, 0.717) is 6.42 Å². The van der Waals surface area contributed by atoms with Crippen molar-refractivity contribution in [1.82, 2.24) is 5.32 Å². The van der Waals surface area contributed by atoms with Crippen molar-refractivity contribution in [2.45, 2.75) is 26.3 Å². The second-order valence-electron chi connectivity index (χ2n) is 2.81. The smallest absolute Gasteiger partial charge is 0.328 e. The minimum atomic E-state index is -0.321. The average Bonchev–Trinajstić information content (AvgIpc) is 2.10. The SMILES string of the molecule is C=C(C)N[C@@H](CC=CC)C(=O)OC. The molecular formula is C10H17NO2. The van der Waals surface area contributed by atoms with Crippen LogP contribution in [0, 0.1) is 0 Å². The Morgan fingerprint density at radius 2 is 2.31 bits per heavy atom. The number of esters is 1. The average molecular weight is 183 g/mol. The van der Waals surface area contributed by atoms with Crippen LogP contribution in [0.25, 0.3) is 0 Å². The van der Waals surface area contributed by atoms with Gasteiger partial charge < -0.3 is 10.1 Å². The quantitative estimate of drug-likeness (QED) is 0.520. The maximum atomic E-state index is 11.2. The summed E-state index contributed by atoms with van der Waals surface area (Å²) in [5.74, 6) is -0.263. The first-order valence-corrected chi connectivity index (χ1v) is 4.22. The molecule has 0 unspecified atom stereocenters. The zero-order valence-electron chi connectivity index (χ0n) is 8.46. The highest BCUT2D eigenvalue weighted by Crippen LogP contribution is 1.99. The molecule has 0 aliphatic heterocycles. The van der Waals surface area contributed by atoms with Crippen LogP contribution >= 0.6 is 0 Å². The van der Waals surface area contributed by atoms with Crippen molar-refractivity contribution in [3.63, 3.8) is 0 Å². The number of ether oxygens (including phenoxy) is 1. The number of methoxy groups -OCH3 is 1. The minimum absolute atomic E-state index is 0.263. The first-order valence-electron chi connectivity index (χ1n) is 4.22. The molecular weight excluding hydrogens is 166 g/mol. The van der Waals surface area contributed by atoms with Gasteiger partial charge in [-0.1, -0.05) is 18.7 Å². The first-order chi connectivity index (χ1) is 6.11. The number of hydrogen-bond donors (Lipinski definition) is 1. The molecule has 0 aromatic rings. The molecule has 74 valence electrons. The Hall–Kier alpha value is -1.25. The van der Waals surface area contributed by atoms with Gasteiger partial charge in [-0.3, -0.25) is 0 Å². The van der Waals surface area contributed by atoms with Crippen molar-refractivity contribution in [2.24, 2.45) is 0 Å². The Morgan fingerprint density at radius 1 is 1.69 bits per heavy atom. The molecule has 0 aliphatic carbocycles. The second-order valence-corrected chi connectivity index (χ2v) is 2.81. The maximum absolute atomic E-state index is 11.2. The summed E-state index contributed by atoms with van der Waals surface area (Å²) in [6.45, 7) is 7.40. The number of carbonyl (C=O) groups is 1. The molecule has 0 rings (SSSR count). The molecule has 0 radical (unpaired) electrons. The summed E-state index contributed by atoms with van der Waals surface area (Å²) in [6, 6.07) is -0.321. The van der Waals surface area contributed by atoms with E-state index in [0.717, 1.165) is 5.70 Å². The Labute approximate surface area is 79.5 Å².